The summed E-state index contributed by atoms with van der Waals surface area (Å²) in [6.45, 7) is 1.24. The third kappa shape index (κ3) is 4.90. The number of alkyl halides is 3. The fourth-order valence-electron chi connectivity index (χ4n) is 1.53. The summed E-state index contributed by atoms with van der Waals surface area (Å²) in [5.41, 5.74) is -0.124. The van der Waals surface area contributed by atoms with Crippen LogP contribution in [0.25, 0.3) is 0 Å². The summed E-state index contributed by atoms with van der Waals surface area (Å²) < 4.78 is 37.1. The summed E-state index contributed by atoms with van der Waals surface area (Å²) in [6.07, 6.45) is -4.23. The number of hydrogen-bond donors (Lipinski definition) is 1. The average molecular weight is 274 g/mol. The zero-order valence-electron chi connectivity index (χ0n) is 10.9. The van der Waals surface area contributed by atoms with Crippen LogP contribution < -0.4 is 5.32 Å². The molecule has 0 aliphatic carbocycles. The van der Waals surface area contributed by atoms with Gasteiger partial charge in [0, 0.05) is 20.1 Å². The zero-order chi connectivity index (χ0) is 14.5. The Hall–Kier alpha value is -1.56. The molecule has 0 aliphatic rings. The van der Waals surface area contributed by atoms with E-state index >= 15 is 0 Å². The molecule has 3 nitrogen and oxygen atoms in total. The summed E-state index contributed by atoms with van der Waals surface area (Å²) in [7, 11) is 3.46. The maximum atomic E-state index is 12.4. The molecule has 1 aromatic rings. The molecule has 1 N–H and O–H groups in total. The molecule has 1 aromatic carbocycles. The number of hydrogen-bond acceptors (Lipinski definition) is 2. The Labute approximate surface area is 110 Å². The van der Waals surface area contributed by atoms with Crippen LogP contribution in [-0.2, 0) is 17.4 Å². The van der Waals surface area contributed by atoms with Gasteiger partial charge in [-0.2, -0.15) is 13.2 Å². The number of likely N-dealkylation sites (N-methyl/N-ethyl adjacent to an activating group) is 2. The Balaban J connectivity index is 2.60. The van der Waals surface area contributed by atoms with Gasteiger partial charge in [-0.05, 0) is 24.7 Å². The fraction of sp³-hybridized carbons (Fsp3) is 0.462. The van der Waals surface area contributed by atoms with E-state index in [4.69, 9.17) is 0 Å². The number of carbonyl (C=O) groups excluding carboxylic acids is 1. The SMILES string of the molecule is CNCCN(C)C(=O)Cc1ccc(C(F)(F)F)cc1. The quantitative estimate of drug-likeness (QED) is 0.889. The summed E-state index contributed by atoms with van der Waals surface area (Å²) in [6, 6.07) is 4.67. The second-order valence-electron chi connectivity index (χ2n) is 4.29. The minimum atomic E-state index is -4.34. The minimum Gasteiger partial charge on any atom is -0.344 e. The largest absolute Gasteiger partial charge is 0.416 e. The standard InChI is InChI=1S/C13H17F3N2O/c1-17-7-8-18(2)12(19)9-10-3-5-11(6-4-10)13(14,15)16/h3-6,17H,7-9H2,1-2H3. The topological polar surface area (TPSA) is 32.3 Å². The van der Waals surface area contributed by atoms with E-state index in [9.17, 15) is 18.0 Å². The van der Waals surface area contributed by atoms with E-state index in [2.05, 4.69) is 5.32 Å². The van der Waals surface area contributed by atoms with E-state index < -0.39 is 11.7 Å². The summed E-state index contributed by atoms with van der Waals surface area (Å²) in [5.74, 6) is -0.116. The van der Waals surface area contributed by atoms with Crippen molar-refractivity contribution >= 4 is 5.91 Å². The maximum absolute atomic E-state index is 12.4. The molecule has 0 heterocycles. The molecule has 106 valence electrons. The first-order chi connectivity index (χ1) is 8.84. The van der Waals surface area contributed by atoms with Gasteiger partial charge in [-0.1, -0.05) is 12.1 Å². The van der Waals surface area contributed by atoms with Crippen LogP contribution in [0, 0.1) is 0 Å². The molecule has 1 amide bonds. The van der Waals surface area contributed by atoms with Crippen molar-refractivity contribution < 1.29 is 18.0 Å². The number of nitrogens with zero attached hydrogens (tertiary/aromatic N) is 1. The second kappa shape index (κ2) is 6.56. The Morgan fingerprint density at radius 3 is 2.32 bits per heavy atom. The number of rotatable bonds is 5. The van der Waals surface area contributed by atoms with Gasteiger partial charge >= 0.3 is 6.18 Å². The third-order valence-electron chi connectivity index (χ3n) is 2.76. The number of carbonyl (C=O) groups is 1. The highest BCUT2D eigenvalue weighted by atomic mass is 19.4. The van der Waals surface area contributed by atoms with Gasteiger partial charge in [-0.15, -0.1) is 0 Å². The van der Waals surface area contributed by atoms with Crippen molar-refractivity contribution in [2.45, 2.75) is 12.6 Å². The van der Waals surface area contributed by atoms with Crippen molar-refractivity contribution in [3.8, 4) is 0 Å². The molecule has 0 unspecified atom stereocenters. The molecule has 0 bridgehead atoms. The first kappa shape index (κ1) is 15.5. The third-order valence-corrected chi connectivity index (χ3v) is 2.76. The summed E-state index contributed by atoms with van der Waals surface area (Å²) in [5, 5.41) is 2.92. The Morgan fingerprint density at radius 1 is 1.26 bits per heavy atom. The van der Waals surface area contributed by atoms with Gasteiger partial charge in [0.15, 0.2) is 0 Å². The van der Waals surface area contributed by atoms with Gasteiger partial charge in [0.1, 0.15) is 0 Å². The Kier molecular flexibility index (Phi) is 5.35. The Morgan fingerprint density at radius 2 is 1.84 bits per heavy atom. The minimum absolute atomic E-state index is 0.109. The summed E-state index contributed by atoms with van der Waals surface area (Å²) in [4.78, 5) is 13.3. The normalized spacial score (nSPS) is 11.4. The van der Waals surface area contributed by atoms with Crippen LogP contribution >= 0.6 is 0 Å². The van der Waals surface area contributed by atoms with E-state index in [0.29, 0.717) is 18.7 Å². The lowest BCUT2D eigenvalue weighted by Gasteiger charge is -2.17. The predicted molar refractivity (Wildman–Crippen MR) is 66.7 cm³/mol. The molecule has 0 aliphatic heterocycles. The van der Waals surface area contributed by atoms with Gasteiger partial charge in [0.2, 0.25) is 5.91 Å². The molecule has 19 heavy (non-hydrogen) atoms. The van der Waals surface area contributed by atoms with Crippen molar-refractivity contribution in [1.29, 1.82) is 0 Å². The smallest absolute Gasteiger partial charge is 0.344 e. The molecule has 0 atom stereocenters. The zero-order valence-corrected chi connectivity index (χ0v) is 10.9. The van der Waals surface area contributed by atoms with Crippen LogP contribution in [0.3, 0.4) is 0 Å². The molecule has 6 heteroatoms. The molecule has 0 radical (unpaired) electrons. The Bertz CT molecular complexity index is 415. The molecule has 0 saturated carbocycles. The highest BCUT2D eigenvalue weighted by Gasteiger charge is 2.29. The second-order valence-corrected chi connectivity index (χ2v) is 4.29. The lowest BCUT2D eigenvalue weighted by atomic mass is 10.1. The van der Waals surface area contributed by atoms with Crippen molar-refractivity contribution in [3.05, 3.63) is 35.4 Å². The first-order valence-corrected chi connectivity index (χ1v) is 5.89. The molecule has 0 fully saturated rings. The molecular weight excluding hydrogens is 257 g/mol. The van der Waals surface area contributed by atoms with E-state index in [0.717, 1.165) is 12.1 Å². The van der Waals surface area contributed by atoms with Gasteiger partial charge < -0.3 is 10.2 Å². The van der Waals surface area contributed by atoms with E-state index in [1.807, 2.05) is 0 Å². The van der Waals surface area contributed by atoms with Gasteiger partial charge in [-0.3, -0.25) is 4.79 Å². The highest BCUT2D eigenvalue weighted by molar-refractivity contribution is 5.78. The van der Waals surface area contributed by atoms with Gasteiger partial charge in [0.05, 0.1) is 12.0 Å². The van der Waals surface area contributed by atoms with E-state index in [-0.39, 0.29) is 12.3 Å². The first-order valence-electron chi connectivity index (χ1n) is 5.89. The lowest BCUT2D eigenvalue weighted by Crippen LogP contribution is -2.33. The van der Waals surface area contributed by atoms with Gasteiger partial charge in [0.25, 0.3) is 0 Å². The van der Waals surface area contributed by atoms with Crippen molar-refractivity contribution in [1.82, 2.24) is 10.2 Å². The van der Waals surface area contributed by atoms with Crippen LogP contribution in [0.4, 0.5) is 13.2 Å². The monoisotopic (exact) mass is 274 g/mol. The van der Waals surface area contributed by atoms with Crippen LogP contribution in [0.1, 0.15) is 11.1 Å². The summed E-state index contributed by atoms with van der Waals surface area (Å²) >= 11 is 0. The van der Waals surface area contributed by atoms with Crippen molar-refractivity contribution in [2.75, 3.05) is 27.2 Å². The van der Waals surface area contributed by atoms with Gasteiger partial charge in [-0.25, -0.2) is 0 Å². The molecule has 0 spiro atoms. The fourth-order valence-corrected chi connectivity index (χ4v) is 1.53. The number of halogens is 3. The van der Waals surface area contributed by atoms with Crippen molar-refractivity contribution in [2.24, 2.45) is 0 Å². The van der Waals surface area contributed by atoms with Crippen molar-refractivity contribution in [3.63, 3.8) is 0 Å². The van der Waals surface area contributed by atoms with Crippen LogP contribution in [0.5, 0.6) is 0 Å². The molecule has 1 rings (SSSR count). The lowest BCUT2D eigenvalue weighted by molar-refractivity contribution is -0.137. The predicted octanol–water partition coefficient (Wildman–Crippen LogP) is 1.93. The molecular formula is C13H17F3N2O. The van der Waals surface area contributed by atoms with E-state index in [1.165, 1.54) is 12.1 Å². The molecule has 0 aromatic heterocycles. The average Bonchev–Trinajstić information content (AvgIpc) is 2.35. The molecule has 0 saturated heterocycles. The number of nitrogens with one attached hydrogen (secondary N) is 1. The van der Waals surface area contributed by atoms with E-state index in [1.54, 1.807) is 19.0 Å². The number of benzene rings is 1. The van der Waals surface area contributed by atoms with Crippen LogP contribution in [-0.4, -0.2) is 38.0 Å². The maximum Gasteiger partial charge on any atom is 0.416 e. The van der Waals surface area contributed by atoms with Crippen LogP contribution in [0.2, 0.25) is 0 Å². The van der Waals surface area contributed by atoms with Crippen LogP contribution in [0.15, 0.2) is 24.3 Å². The number of amides is 1. The highest BCUT2D eigenvalue weighted by Crippen LogP contribution is 2.29.